The molecule has 0 radical (unpaired) electrons. The first-order valence-corrected chi connectivity index (χ1v) is 7.65. The fourth-order valence-electron chi connectivity index (χ4n) is 1.67. The van der Waals surface area contributed by atoms with Gasteiger partial charge < -0.3 is 16.4 Å². The fourth-order valence-corrected chi connectivity index (χ4v) is 1.67. The van der Waals surface area contributed by atoms with Crippen LogP contribution < -0.4 is 16.4 Å². The topological polar surface area (TPSA) is 84.2 Å². The molecule has 0 fully saturated rings. The van der Waals surface area contributed by atoms with Gasteiger partial charge >= 0.3 is 0 Å². The smallest absolute Gasteiger partial charge is 0.251 e. The number of nitrogens with one attached hydrogen (secondary N) is 2. The van der Waals surface area contributed by atoms with Crippen molar-refractivity contribution in [3.8, 4) is 0 Å². The molecule has 5 nitrogen and oxygen atoms in total. The summed E-state index contributed by atoms with van der Waals surface area (Å²) >= 11 is 0. The molecule has 23 heavy (non-hydrogen) atoms. The third kappa shape index (κ3) is 6.59. The number of carbonyl (C=O) groups excluding carboxylic acids is 2. The number of hydrogen-bond donors (Lipinski definition) is 3. The van der Waals surface area contributed by atoms with Crippen LogP contribution >= 0.6 is 12.4 Å². The summed E-state index contributed by atoms with van der Waals surface area (Å²) in [7, 11) is 0. The van der Waals surface area contributed by atoms with E-state index in [-0.39, 0.29) is 41.7 Å². The van der Waals surface area contributed by atoms with Gasteiger partial charge in [0.25, 0.3) is 5.91 Å². The standard InChI is InChI=1S/C17H27N3O2.ClH/c1-6-17(4,5)20-16(22)13-7-9-14(10-8-13)19-15(21)11(2)12(3)18;/h7-12H,6,18H2,1-5H3,(H,19,21)(H,20,22);1H. The molecule has 0 bridgehead atoms. The van der Waals surface area contributed by atoms with Gasteiger partial charge in [-0.2, -0.15) is 0 Å². The Morgan fingerprint density at radius 1 is 1.17 bits per heavy atom. The van der Waals surface area contributed by atoms with Crippen molar-refractivity contribution in [2.24, 2.45) is 11.7 Å². The van der Waals surface area contributed by atoms with Gasteiger partial charge in [-0.1, -0.05) is 13.8 Å². The quantitative estimate of drug-likeness (QED) is 0.743. The number of benzene rings is 1. The Morgan fingerprint density at radius 2 is 1.70 bits per heavy atom. The van der Waals surface area contributed by atoms with Crippen LogP contribution in [-0.4, -0.2) is 23.4 Å². The minimum absolute atomic E-state index is 0. The van der Waals surface area contributed by atoms with E-state index in [1.807, 2.05) is 20.8 Å². The van der Waals surface area contributed by atoms with E-state index in [2.05, 4.69) is 10.6 Å². The monoisotopic (exact) mass is 341 g/mol. The summed E-state index contributed by atoms with van der Waals surface area (Å²) in [5, 5.41) is 5.77. The van der Waals surface area contributed by atoms with Crippen molar-refractivity contribution in [1.82, 2.24) is 5.32 Å². The van der Waals surface area contributed by atoms with E-state index in [1.165, 1.54) is 0 Å². The van der Waals surface area contributed by atoms with Crippen LogP contribution in [-0.2, 0) is 4.79 Å². The highest BCUT2D eigenvalue weighted by Gasteiger charge is 2.19. The van der Waals surface area contributed by atoms with E-state index < -0.39 is 0 Å². The van der Waals surface area contributed by atoms with E-state index in [0.717, 1.165) is 6.42 Å². The average molecular weight is 342 g/mol. The summed E-state index contributed by atoms with van der Waals surface area (Å²) in [4.78, 5) is 24.1. The first-order chi connectivity index (χ1) is 10.2. The Hall–Kier alpha value is -1.59. The molecule has 1 aromatic rings. The second-order valence-electron chi connectivity index (χ2n) is 6.41. The van der Waals surface area contributed by atoms with Crippen molar-refractivity contribution in [3.05, 3.63) is 29.8 Å². The van der Waals surface area contributed by atoms with Gasteiger partial charge in [0.2, 0.25) is 5.91 Å². The van der Waals surface area contributed by atoms with E-state index >= 15 is 0 Å². The molecular formula is C17H28ClN3O2. The van der Waals surface area contributed by atoms with Gasteiger partial charge in [0.1, 0.15) is 0 Å². The predicted molar refractivity (Wildman–Crippen MR) is 97.0 cm³/mol. The molecule has 2 atom stereocenters. The molecule has 0 aliphatic heterocycles. The first kappa shape index (κ1) is 21.4. The molecular weight excluding hydrogens is 314 g/mol. The van der Waals surface area contributed by atoms with Crippen LogP contribution in [0.5, 0.6) is 0 Å². The van der Waals surface area contributed by atoms with Gasteiger partial charge in [0.15, 0.2) is 0 Å². The highest BCUT2D eigenvalue weighted by molar-refractivity contribution is 5.96. The van der Waals surface area contributed by atoms with E-state index in [0.29, 0.717) is 11.3 Å². The lowest BCUT2D eigenvalue weighted by atomic mass is 10.0. The molecule has 0 saturated heterocycles. The maximum Gasteiger partial charge on any atom is 0.251 e. The van der Waals surface area contributed by atoms with Gasteiger partial charge in [-0.05, 0) is 51.5 Å². The number of halogens is 1. The summed E-state index contributed by atoms with van der Waals surface area (Å²) in [5.74, 6) is -0.513. The Kier molecular flexibility index (Phi) is 8.28. The molecule has 0 aromatic heterocycles. The molecule has 0 saturated carbocycles. The van der Waals surface area contributed by atoms with Gasteiger partial charge in [-0.15, -0.1) is 12.4 Å². The van der Waals surface area contributed by atoms with Crippen LogP contribution in [0.3, 0.4) is 0 Å². The van der Waals surface area contributed by atoms with Crippen LogP contribution in [0.25, 0.3) is 0 Å². The molecule has 0 heterocycles. The highest BCUT2D eigenvalue weighted by atomic mass is 35.5. The zero-order valence-corrected chi connectivity index (χ0v) is 15.3. The predicted octanol–water partition coefficient (Wildman–Crippen LogP) is 2.95. The number of rotatable bonds is 6. The minimum atomic E-state index is -0.270. The van der Waals surface area contributed by atoms with Crippen LogP contribution in [0.2, 0.25) is 0 Å². The lowest BCUT2D eigenvalue weighted by molar-refractivity contribution is -0.119. The maximum absolute atomic E-state index is 12.1. The molecule has 0 aliphatic carbocycles. The minimum Gasteiger partial charge on any atom is -0.347 e. The number of anilines is 1. The van der Waals surface area contributed by atoms with E-state index in [9.17, 15) is 9.59 Å². The number of carbonyl (C=O) groups is 2. The lowest BCUT2D eigenvalue weighted by Crippen LogP contribution is -2.42. The van der Waals surface area contributed by atoms with Crippen molar-refractivity contribution >= 4 is 29.9 Å². The van der Waals surface area contributed by atoms with Crippen molar-refractivity contribution in [3.63, 3.8) is 0 Å². The highest BCUT2D eigenvalue weighted by Crippen LogP contribution is 2.14. The summed E-state index contributed by atoms with van der Waals surface area (Å²) in [6.45, 7) is 9.57. The van der Waals surface area contributed by atoms with Crippen LogP contribution in [0, 0.1) is 5.92 Å². The van der Waals surface area contributed by atoms with Crippen LogP contribution in [0.15, 0.2) is 24.3 Å². The second kappa shape index (κ2) is 8.89. The maximum atomic E-state index is 12.1. The third-order valence-electron chi connectivity index (χ3n) is 3.95. The molecule has 1 aromatic carbocycles. The zero-order valence-electron chi connectivity index (χ0n) is 14.5. The fraction of sp³-hybridized carbons (Fsp3) is 0.529. The Morgan fingerprint density at radius 3 is 2.13 bits per heavy atom. The Balaban J connectivity index is 0.00000484. The summed E-state index contributed by atoms with van der Waals surface area (Å²) < 4.78 is 0. The molecule has 2 amide bonds. The summed E-state index contributed by atoms with van der Waals surface area (Å²) in [6.07, 6.45) is 0.849. The number of nitrogens with two attached hydrogens (primary N) is 1. The molecule has 0 spiro atoms. The van der Waals surface area contributed by atoms with E-state index in [4.69, 9.17) is 5.73 Å². The molecule has 6 heteroatoms. The van der Waals surface area contributed by atoms with Crippen molar-refractivity contribution in [1.29, 1.82) is 0 Å². The van der Waals surface area contributed by atoms with Gasteiger partial charge in [0, 0.05) is 22.8 Å². The van der Waals surface area contributed by atoms with E-state index in [1.54, 1.807) is 38.1 Å². The normalized spacial score (nSPS) is 13.5. The number of amides is 2. The Labute approximate surface area is 144 Å². The van der Waals surface area contributed by atoms with Gasteiger partial charge in [-0.3, -0.25) is 9.59 Å². The van der Waals surface area contributed by atoms with Crippen LogP contribution in [0.4, 0.5) is 5.69 Å². The SMILES string of the molecule is CCC(C)(C)NC(=O)c1ccc(NC(=O)C(C)C(C)N)cc1.Cl. The average Bonchev–Trinajstić information content (AvgIpc) is 2.46. The Bertz CT molecular complexity index is 527. The lowest BCUT2D eigenvalue weighted by Gasteiger charge is -2.24. The van der Waals surface area contributed by atoms with Crippen molar-refractivity contribution < 1.29 is 9.59 Å². The van der Waals surface area contributed by atoms with Gasteiger partial charge in [-0.25, -0.2) is 0 Å². The third-order valence-corrected chi connectivity index (χ3v) is 3.95. The summed E-state index contributed by atoms with van der Waals surface area (Å²) in [6, 6.07) is 6.64. The first-order valence-electron chi connectivity index (χ1n) is 7.65. The molecule has 1 rings (SSSR count). The van der Waals surface area contributed by atoms with Crippen LogP contribution in [0.1, 0.15) is 51.4 Å². The van der Waals surface area contributed by atoms with Crippen molar-refractivity contribution in [2.45, 2.75) is 52.6 Å². The largest absolute Gasteiger partial charge is 0.347 e. The molecule has 0 aliphatic rings. The zero-order chi connectivity index (χ0) is 16.9. The summed E-state index contributed by atoms with van der Waals surface area (Å²) in [5.41, 5.74) is 6.70. The van der Waals surface area contributed by atoms with Gasteiger partial charge in [0.05, 0.1) is 5.92 Å². The molecule has 2 unspecified atom stereocenters. The van der Waals surface area contributed by atoms with Crippen molar-refractivity contribution in [2.75, 3.05) is 5.32 Å². The number of hydrogen-bond acceptors (Lipinski definition) is 3. The molecule has 130 valence electrons. The molecule has 4 N–H and O–H groups in total. The second-order valence-corrected chi connectivity index (χ2v) is 6.41.